The first-order valence-corrected chi connectivity index (χ1v) is 6.68. The largest absolute Gasteiger partial charge is 0.178 e. The maximum atomic E-state index is 5.98. The van der Waals surface area contributed by atoms with Crippen LogP contribution in [-0.4, -0.2) is 10.2 Å². The molecule has 1 aromatic heterocycles. The van der Waals surface area contributed by atoms with E-state index in [-0.39, 0.29) is 0 Å². The summed E-state index contributed by atoms with van der Waals surface area (Å²) in [5.74, 6) is 0. The van der Waals surface area contributed by atoms with Gasteiger partial charge in [0.25, 0.3) is 0 Å². The molecule has 0 spiro atoms. The summed E-state index contributed by atoms with van der Waals surface area (Å²) in [4.78, 5) is 0. The maximum absolute atomic E-state index is 5.98. The Morgan fingerprint density at radius 3 is 2.71 bits per heavy atom. The van der Waals surface area contributed by atoms with Crippen molar-refractivity contribution in [1.82, 2.24) is 10.2 Å². The zero-order valence-corrected chi connectivity index (χ0v) is 12.0. The van der Waals surface area contributed by atoms with Crippen LogP contribution in [0.1, 0.15) is 0 Å². The highest BCUT2D eigenvalue weighted by Gasteiger charge is 2.06. The molecule has 14 heavy (non-hydrogen) atoms. The van der Waals surface area contributed by atoms with E-state index in [1.807, 2.05) is 18.2 Å². The van der Waals surface area contributed by atoms with Gasteiger partial charge in [0.15, 0.2) is 3.01 Å². The SMILES string of the molecule is Clc1cc(-c2nnc(I)s2)ccc1Br. The van der Waals surface area contributed by atoms with E-state index in [4.69, 9.17) is 11.6 Å². The standard InChI is InChI=1S/C8H3BrClIN2S/c9-5-2-1-4(3-6(5)10)7-12-13-8(11)14-7/h1-3H. The van der Waals surface area contributed by atoms with Crippen molar-refractivity contribution in [2.45, 2.75) is 0 Å². The van der Waals surface area contributed by atoms with Crippen molar-refractivity contribution in [3.05, 3.63) is 30.7 Å². The highest BCUT2D eigenvalue weighted by molar-refractivity contribution is 14.1. The third kappa shape index (κ3) is 2.26. The van der Waals surface area contributed by atoms with Gasteiger partial charge in [-0.2, -0.15) is 0 Å². The molecule has 0 radical (unpaired) electrons. The Morgan fingerprint density at radius 1 is 1.36 bits per heavy atom. The van der Waals surface area contributed by atoms with E-state index in [1.165, 1.54) is 0 Å². The lowest BCUT2D eigenvalue weighted by Gasteiger charge is -1.98. The smallest absolute Gasteiger partial charge is 0.137 e. The highest BCUT2D eigenvalue weighted by Crippen LogP contribution is 2.30. The average molecular weight is 401 g/mol. The molecule has 0 atom stereocenters. The van der Waals surface area contributed by atoms with Gasteiger partial charge in [-0.3, -0.25) is 0 Å². The van der Waals surface area contributed by atoms with Crippen molar-refractivity contribution < 1.29 is 0 Å². The second-order valence-corrected chi connectivity index (χ2v) is 6.48. The van der Waals surface area contributed by atoms with Crippen LogP contribution in [0, 0.1) is 3.01 Å². The van der Waals surface area contributed by atoms with Crippen LogP contribution in [0.15, 0.2) is 22.7 Å². The van der Waals surface area contributed by atoms with Gasteiger partial charge in [0, 0.05) is 10.0 Å². The van der Waals surface area contributed by atoms with E-state index in [2.05, 4.69) is 48.7 Å². The van der Waals surface area contributed by atoms with Crippen molar-refractivity contribution in [3.63, 3.8) is 0 Å². The van der Waals surface area contributed by atoms with Crippen molar-refractivity contribution in [2.75, 3.05) is 0 Å². The van der Waals surface area contributed by atoms with Crippen molar-refractivity contribution >= 4 is 61.5 Å². The molecule has 0 bridgehead atoms. The zero-order valence-electron chi connectivity index (χ0n) is 6.67. The number of halogens is 3. The lowest BCUT2D eigenvalue weighted by molar-refractivity contribution is 1.07. The lowest BCUT2D eigenvalue weighted by atomic mass is 10.2. The van der Waals surface area contributed by atoms with Crippen molar-refractivity contribution in [2.24, 2.45) is 0 Å². The molecule has 0 unspecified atom stereocenters. The molecule has 2 aromatic rings. The van der Waals surface area contributed by atoms with E-state index in [0.29, 0.717) is 5.02 Å². The molecule has 0 amide bonds. The van der Waals surface area contributed by atoms with Crippen LogP contribution in [0.25, 0.3) is 10.6 Å². The number of hydrogen-bond donors (Lipinski definition) is 0. The van der Waals surface area contributed by atoms with Crippen LogP contribution < -0.4 is 0 Å². The molecule has 0 aliphatic rings. The summed E-state index contributed by atoms with van der Waals surface area (Å²) in [6.45, 7) is 0. The quantitative estimate of drug-likeness (QED) is 0.669. The second kappa shape index (κ2) is 4.42. The number of rotatable bonds is 1. The van der Waals surface area contributed by atoms with Gasteiger partial charge >= 0.3 is 0 Å². The normalized spacial score (nSPS) is 10.5. The van der Waals surface area contributed by atoms with Crippen LogP contribution in [-0.2, 0) is 0 Å². The Kier molecular flexibility index (Phi) is 3.41. The molecule has 1 aromatic carbocycles. The molecule has 6 heteroatoms. The van der Waals surface area contributed by atoms with Gasteiger partial charge in [-0.25, -0.2) is 0 Å². The Balaban J connectivity index is 2.47. The fourth-order valence-electron chi connectivity index (χ4n) is 0.951. The zero-order chi connectivity index (χ0) is 10.1. The van der Waals surface area contributed by atoms with Crippen LogP contribution >= 0.6 is 61.5 Å². The summed E-state index contributed by atoms with van der Waals surface area (Å²) in [6, 6.07) is 5.75. The summed E-state index contributed by atoms with van der Waals surface area (Å²) in [7, 11) is 0. The third-order valence-corrected chi connectivity index (χ3v) is 4.44. The van der Waals surface area contributed by atoms with Crippen LogP contribution in [0.2, 0.25) is 5.02 Å². The molecule has 72 valence electrons. The van der Waals surface area contributed by atoms with Gasteiger partial charge < -0.3 is 0 Å². The second-order valence-electron chi connectivity index (χ2n) is 2.49. The van der Waals surface area contributed by atoms with E-state index in [9.17, 15) is 0 Å². The lowest BCUT2D eigenvalue weighted by Crippen LogP contribution is -1.77. The predicted octanol–water partition coefficient (Wildman–Crippen LogP) is 4.23. The van der Waals surface area contributed by atoms with Gasteiger partial charge in [0.1, 0.15) is 5.01 Å². The van der Waals surface area contributed by atoms with Crippen molar-refractivity contribution in [1.29, 1.82) is 0 Å². The van der Waals surface area contributed by atoms with Gasteiger partial charge in [0.05, 0.1) is 5.02 Å². The van der Waals surface area contributed by atoms with Crippen LogP contribution in [0.5, 0.6) is 0 Å². The molecule has 0 N–H and O–H groups in total. The summed E-state index contributed by atoms with van der Waals surface area (Å²) >= 11 is 13.0. The number of aromatic nitrogens is 2. The fourth-order valence-corrected chi connectivity index (χ4v) is 2.68. The third-order valence-electron chi connectivity index (χ3n) is 1.57. The fraction of sp³-hybridized carbons (Fsp3) is 0. The molecule has 0 aliphatic heterocycles. The number of nitrogens with zero attached hydrogens (tertiary/aromatic N) is 2. The summed E-state index contributed by atoms with van der Waals surface area (Å²) < 4.78 is 1.82. The molecule has 0 saturated carbocycles. The number of benzene rings is 1. The highest BCUT2D eigenvalue weighted by atomic mass is 127. The van der Waals surface area contributed by atoms with Gasteiger partial charge in [0.2, 0.25) is 0 Å². The number of hydrogen-bond acceptors (Lipinski definition) is 3. The summed E-state index contributed by atoms with van der Waals surface area (Å²) in [6.07, 6.45) is 0. The van der Waals surface area contributed by atoms with Gasteiger partial charge in [-0.1, -0.05) is 29.0 Å². The average Bonchev–Trinajstić information content (AvgIpc) is 2.57. The Labute approximate surface area is 112 Å². The Morgan fingerprint density at radius 2 is 2.14 bits per heavy atom. The predicted molar refractivity (Wildman–Crippen MR) is 70.8 cm³/mol. The molecule has 2 nitrogen and oxygen atoms in total. The van der Waals surface area contributed by atoms with Crippen LogP contribution in [0.3, 0.4) is 0 Å². The molecule has 0 saturated heterocycles. The minimum absolute atomic E-state index is 0.688. The first kappa shape index (κ1) is 10.8. The maximum Gasteiger partial charge on any atom is 0.178 e. The molecule has 0 fully saturated rings. The Hall–Kier alpha value is 0.280. The van der Waals surface area contributed by atoms with Gasteiger partial charge in [-0.05, 0) is 50.7 Å². The van der Waals surface area contributed by atoms with Crippen LogP contribution in [0.4, 0.5) is 0 Å². The molecular formula is C8H3BrClIN2S. The van der Waals surface area contributed by atoms with E-state index >= 15 is 0 Å². The summed E-state index contributed by atoms with van der Waals surface area (Å²) in [5.41, 5.74) is 0.999. The topological polar surface area (TPSA) is 25.8 Å². The molecular weight excluding hydrogens is 398 g/mol. The van der Waals surface area contributed by atoms with E-state index < -0.39 is 0 Å². The van der Waals surface area contributed by atoms with E-state index in [1.54, 1.807) is 11.3 Å². The molecule has 2 rings (SSSR count). The Bertz CT molecular complexity index is 474. The monoisotopic (exact) mass is 400 g/mol. The van der Waals surface area contributed by atoms with Crippen molar-refractivity contribution in [3.8, 4) is 10.6 Å². The first-order valence-electron chi connectivity index (χ1n) is 3.61. The molecule has 1 heterocycles. The minimum Gasteiger partial charge on any atom is -0.137 e. The first-order chi connectivity index (χ1) is 6.66. The van der Waals surface area contributed by atoms with E-state index in [0.717, 1.165) is 18.1 Å². The van der Waals surface area contributed by atoms with Gasteiger partial charge in [-0.15, -0.1) is 10.2 Å². The summed E-state index contributed by atoms with van der Waals surface area (Å²) in [5, 5.41) is 9.57. The molecule has 0 aliphatic carbocycles. The minimum atomic E-state index is 0.688.